The van der Waals surface area contributed by atoms with Crippen LogP contribution < -0.4 is 0 Å². The van der Waals surface area contributed by atoms with Gasteiger partial charge in [-0.15, -0.1) is 0 Å². The molecule has 0 aromatic carbocycles. The van der Waals surface area contributed by atoms with Gasteiger partial charge in [-0.3, -0.25) is 0 Å². The predicted octanol–water partition coefficient (Wildman–Crippen LogP) is 1.63. The minimum absolute atomic E-state index is 0.828. The van der Waals surface area contributed by atoms with E-state index in [0.29, 0.717) is 0 Å². The molecule has 0 aliphatic carbocycles. The van der Waals surface area contributed by atoms with E-state index in [4.69, 9.17) is 0 Å². The van der Waals surface area contributed by atoms with Gasteiger partial charge in [0.15, 0.2) is 0 Å². The van der Waals surface area contributed by atoms with Crippen molar-refractivity contribution >= 4 is 12.4 Å². The molecular formula is C4H5F3N2. The van der Waals surface area contributed by atoms with Crippen LogP contribution in [0.3, 0.4) is 0 Å². The van der Waals surface area contributed by atoms with E-state index in [1.807, 2.05) is 0 Å². The highest BCUT2D eigenvalue weighted by molar-refractivity contribution is 5.87. The molecule has 0 bridgehead atoms. The summed E-state index contributed by atoms with van der Waals surface area (Å²) in [5, 5.41) is 5.42. The Morgan fingerprint density at radius 3 is 2.00 bits per heavy atom. The molecule has 0 unspecified atom stereocenters. The summed E-state index contributed by atoms with van der Waals surface area (Å²) in [4.78, 5) is 0. The Kier molecular flexibility index (Phi) is 2.36. The molecule has 0 aromatic rings. The van der Waals surface area contributed by atoms with Gasteiger partial charge in [0.25, 0.3) is 0 Å². The monoisotopic (exact) mass is 138 g/mol. The summed E-state index contributed by atoms with van der Waals surface area (Å²) in [7, 11) is 0. The van der Waals surface area contributed by atoms with Crippen molar-refractivity contribution in [2.24, 2.45) is 10.2 Å². The van der Waals surface area contributed by atoms with Crippen molar-refractivity contribution in [1.29, 1.82) is 0 Å². The molecule has 52 valence electrons. The second-order valence-electron chi connectivity index (χ2n) is 1.32. The Bertz CT molecular complexity index is 135. The van der Waals surface area contributed by atoms with E-state index in [2.05, 4.69) is 16.9 Å². The van der Waals surface area contributed by atoms with E-state index in [0.717, 1.165) is 6.92 Å². The van der Waals surface area contributed by atoms with Gasteiger partial charge in [-0.25, -0.2) is 0 Å². The normalized spacial score (nSPS) is 13.6. The minimum atomic E-state index is -4.37. The molecule has 0 amide bonds. The number of hydrogen-bond acceptors (Lipinski definition) is 2. The molecule has 0 fully saturated rings. The number of hydrogen-bond donors (Lipinski definition) is 0. The summed E-state index contributed by atoms with van der Waals surface area (Å²) >= 11 is 0. The number of rotatable bonds is 1. The fourth-order valence-corrected chi connectivity index (χ4v) is 0.163. The third kappa shape index (κ3) is 2.84. The summed E-state index contributed by atoms with van der Waals surface area (Å²) in [5.41, 5.74) is -0.988. The highest BCUT2D eigenvalue weighted by Crippen LogP contribution is 2.16. The predicted molar refractivity (Wildman–Crippen MR) is 28.7 cm³/mol. The van der Waals surface area contributed by atoms with Crippen LogP contribution in [0.15, 0.2) is 10.2 Å². The van der Waals surface area contributed by atoms with Crippen LogP contribution in [0.1, 0.15) is 6.92 Å². The van der Waals surface area contributed by atoms with Gasteiger partial charge >= 0.3 is 6.18 Å². The molecule has 0 spiro atoms. The zero-order valence-electron chi connectivity index (χ0n) is 4.74. The van der Waals surface area contributed by atoms with Crippen molar-refractivity contribution in [3.63, 3.8) is 0 Å². The minimum Gasteiger partial charge on any atom is -0.167 e. The smallest absolute Gasteiger partial charge is 0.167 e. The molecule has 0 aliphatic heterocycles. The fraction of sp³-hybridized carbons (Fsp3) is 0.500. The van der Waals surface area contributed by atoms with Gasteiger partial charge in [-0.1, -0.05) is 0 Å². The average Bonchev–Trinajstić information content (AvgIpc) is 1.64. The maximum Gasteiger partial charge on any atom is 0.431 e. The summed E-state index contributed by atoms with van der Waals surface area (Å²) in [6.07, 6.45) is -4.37. The number of alkyl halides is 3. The fourth-order valence-electron chi connectivity index (χ4n) is 0.163. The van der Waals surface area contributed by atoms with Crippen LogP contribution in [-0.2, 0) is 0 Å². The lowest BCUT2D eigenvalue weighted by atomic mass is 10.4. The van der Waals surface area contributed by atoms with Gasteiger partial charge in [0.05, 0.1) is 0 Å². The van der Waals surface area contributed by atoms with Crippen molar-refractivity contribution in [2.75, 3.05) is 0 Å². The van der Waals surface area contributed by atoms with Crippen molar-refractivity contribution in [3.8, 4) is 0 Å². The van der Waals surface area contributed by atoms with E-state index in [1.165, 1.54) is 0 Å². The lowest BCUT2D eigenvalue weighted by Crippen LogP contribution is -2.18. The molecule has 0 saturated heterocycles. The molecule has 0 aliphatic rings. The molecule has 9 heavy (non-hydrogen) atoms. The van der Waals surface area contributed by atoms with Crippen LogP contribution in [0.25, 0.3) is 0 Å². The summed E-state index contributed by atoms with van der Waals surface area (Å²) in [6.45, 7) is 3.60. The molecule has 2 nitrogen and oxygen atoms in total. The molecule has 0 N–H and O–H groups in total. The van der Waals surface area contributed by atoms with Gasteiger partial charge < -0.3 is 0 Å². The third-order valence-corrected chi connectivity index (χ3v) is 0.631. The van der Waals surface area contributed by atoms with Gasteiger partial charge in [0.1, 0.15) is 5.71 Å². The molecule has 0 atom stereocenters. The first-order valence-electron chi connectivity index (χ1n) is 2.06. The van der Waals surface area contributed by atoms with E-state index in [-0.39, 0.29) is 0 Å². The summed E-state index contributed by atoms with van der Waals surface area (Å²) in [6, 6.07) is 0. The zero-order valence-corrected chi connectivity index (χ0v) is 4.74. The highest BCUT2D eigenvalue weighted by atomic mass is 19.4. The maximum absolute atomic E-state index is 11.4. The first kappa shape index (κ1) is 8.13. The van der Waals surface area contributed by atoms with Gasteiger partial charge in [-0.2, -0.15) is 23.4 Å². The molecule has 0 heterocycles. The molecular weight excluding hydrogens is 133 g/mol. The largest absolute Gasteiger partial charge is 0.431 e. The topological polar surface area (TPSA) is 24.7 Å². The number of halogens is 3. The molecule has 0 radical (unpaired) electrons. The Morgan fingerprint density at radius 2 is 1.89 bits per heavy atom. The van der Waals surface area contributed by atoms with Crippen molar-refractivity contribution in [2.45, 2.75) is 13.1 Å². The van der Waals surface area contributed by atoms with Crippen LogP contribution in [-0.4, -0.2) is 18.6 Å². The maximum atomic E-state index is 11.4. The van der Waals surface area contributed by atoms with E-state index in [1.54, 1.807) is 0 Å². The summed E-state index contributed by atoms with van der Waals surface area (Å²) in [5.74, 6) is 0. The average molecular weight is 138 g/mol. The van der Waals surface area contributed by atoms with E-state index >= 15 is 0 Å². The van der Waals surface area contributed by atoms with Crippen LogP contribution in [0, 0.1) is 0 Å². The van der Waals surface area contributed by atoms with Gasteiger partial charge in [-0.05, 0) is 6.92 Å². The van der Waals surface area contributed by atoms with Crippen molar-refractivity contribution in [1.82, 2.24) is 0 Å². The lowest BCUT2D eigenvalue weighted by molar-refractivity contribution is -0.0593. The van der Waals surface area contributed by atoms with Gasteiger partial charge in [0, 0.05) is 6.72 Å². The van der Waals surface area contributed by atoms with Crippen LogP contribution in [0.5, 0.6) is 0 Å². The number of nitrogens with zero attached hydrogens (tertiary/aromatic N) is 2. The first-order valence-corrected chi connectivity index (χ1v) is 2.06. The SMILES string of the molecule is C=N/N=C(\C)C(F)(F)F. The lowest BCUT2D eigenvalue weighted by Gasteiger charge is -2.01. The quantitative estimate of drug-likeness (QED) is 0.388. The van der Waals surface area contributed by atoms with Crippen LogP contribution in [0.4, 0.5) is 13.2 Å². The van der Waals surface area contributed by atoms with Crippen molar-refractivity contribution in [3.05, 3.63) is 0 Å². The second-order valence-corrected chi connectivity index (χ2v) is 1.32. The second kappa shape index (κ2) is 2.61. The Hall–Kier alpha value is -0.870. The Labute approximate surface area is 50.1 Å². The molecule has 0 aromatic heterocycles. The molecule has 0 rings (SSSR count). The summed E-state index contributed by atoms with van der Waals surface area (Å²) < 4.78 is 34.3. The third-order valence-electron chi connectivity index (χ3n) is 0.631. The molecule has 5 heteroatoms. The zero-order chi connectivity index (χ0) is 7.49. The van der Waals surface area contributed by atoms with Crippen molar-refractivity contribution < 1.29 is 13.2 Å². The van der Waals surface area contributed by atoms with Crippen LogP contribution >= 0.6 is 0 Å². The first-order chi connectivity index (χ1) is 3.98. The highest BCUT2D eigenvalue weighted by Gasteiger charge is 2.31. The molecule has 0 saturated carbocycles. The van der Waals surface area contributed by atoms with E-state index < -0.39 is 11.9 Å². The van der Waals surface area contributed by atoms with Crippen LogP contribution in [0.2, 0.25) is 0 Å². The Morgan fingerprint density at radius 1 is 1.44 bits per heavy atom. The standard InChI is InChI=1S/C4H5F3N2/c1-3(9-8-2)4(5,6)7/h2H2,1H3/b9-3+. The van der Waals surface area contributed by atoms with Gasteiger partial charge in [0.2, 0.25) is 0 Å². The van der Waals surface area contributed by atoms with E-state index in [9.17, 15) is 13.2 Å². The Balaban J connectivity index is 4.19.